The van der Waals surface area contributed by atoms with E-state index in [9.17, 15) is 4.79 Å². The molecular weight excluding hydrogens is 550 g/mol. The smallest absolute Gasteiger partial charge is 0.319 e. The Bertz CT molecular complexity index is 1680. The van der Waals surface area contributed by atoms with E-state index in [2.05, 4.69) is 52.7 Å². The Morgan fingerprint density at radius 2 is 1.88 bits per heavy atom. The standard InChI is InChI=1S/C32H36ClN7O2/c1-4-28(41)40-18-32(19-40)9-13-39(14-10-32)30-23-15-25(33)22(29-20(2)5-6-26-24(29)17-34-37-26)16-27(23)35-31(36-30)42-21-7-11-38(3)12-8-21/h4-6,15-17,21H,1,7-14,18-19H2,2-3H3,(H,34,37). The molecule has 1 amide bonds. The molecule has 0 atom stereocenters. The lowest BCUT2D eigenvalue weighted by atomic mass is 9.72. The van der Waals surface area contributed by atoms with Crippen molar-refractivity contribution in [3.63, 3.8) is 0 Å². The minimum absolute atomic E-state index is 0.0207. The minimum atomic E-state index is 0.0207. The van der Waals surface area contributed by atoms with Crippen LogP contribution in [0.5, 0.6) is 6.01 Å². The van der Waals surface area contributed by atoms with Crippen LogP contribution in [-0.2, 0) is 4.79 Å². The first-order valence-corrected chi connectivity index (χ1v) is 15.2. The molecule has 42 heavy (non-hydrogen) atoms. The Morgan fingerprint density at radius 3 is 2.62 bits per heavy atom. The summed E-state index contributed by atoms with van der Waals surface area (Å²) in [6.07, 6.45) is 7.25. The van der Waals surface area contributed by atoms with E-state index in [1.165, 1.54) is 6.08 Å². The molecule has 2 aromatic carbocycles. The number of likely N-dealkylation sites (tertiary alicyclic amines) is 2. The highest BCUT2D eigenvalue weighted by Gasteiger charge is 2.46. The first-order valence-electron chi connectivity index (χ1n) is 14.8. The number of fused-ring (bicyclic) bond motifs is 2. The van der Waals surface area contributed by atoms with Gasteiger partial charge in [-0.1, -0.05) is 24.2 Å². The fourth-order valence-corrected chi connectivity index (χ4v) is 7.15. The monoisotopic (exact) mass is 585 g/mol. The molecule has 218 valence electrons. The van der Waals surface area contributed by atoms with Gasteiger partial charge in [-0.3, -0.25) is 9.89 Å². The van der Waals surface area contributed by atoms with Crippen molar-refractivity contribution >= 4 is 45.1 Å². The Hall–Kier alpha value is -3.69. The number of nitrogens with zero attached hydrogens (tertiary/aromatic N) is 6. The summed E-state index contributed by atoms with van der Waals surface area (Å²) in [5.41, 5.74) is 5.05. The van der Waals surface area contributed by atoms with Crippen LogP contribution in [0.3, 0.4) is 0 Å². The van der Waals surface area contributed by atoms with Gasteiger partial charge < -0.3 is 19.4 Å². The van der Waals surface area contributed by atoms with Gasteiger partial charge in [-0.15, -0.1) is 0 Å². The molecule has 0 unspecified atom stereocenters. The molecule has 1 spiro atoms. The number of piperidine rings is 2. The SMILES string of the molecule is C=CC(=O)N1CC2(CCN(c3nc(OC4CCN(C)CC4)nc4cc(-c5c(C)ccc6[nH]ncc56)c(Cl)cc34)CC2)C1. The van der Waals surface area contributed by atoms with Gasteiger partial charge in [0.15, 0.2) is 0 Å². The summed E-state index contributed by atoms with van der Waals surface area (Å²) in [4.78, 5) is 28.6. The highest BCUT2D eigenvalue weighted by Crippen LogP contribution is 2.44. The molecule has 0 radical (unpaired) electrons. The topological polar surface area (TPSA) is 90.5 Å². The van der Waals surface area contributed by atoms with E-state index in [1.807, 2.05) is 23.2 Å². The summed E-state index contributed by atoms with van der Waals surface area (Å²) in [6.45, 7) is 11.0. The van der Waals surface area contributed by atoms with Crippen LogP contribution in [0.15, 0.2) is 43.1 Å². The van der Waals surface area contributed by atoms with E-state index < -0.39 is 0 Å². The molecule has 0 aliphatic carbocycles. The van der Waals surface area contributed by atoms with Crippen molar-refractivity contribution in [1.82, 2.24) is 30.0 Å². The second-order valence-electron chi connectivity index (χ2n) is 12.3. The summed E-state index contributed by atoms with van der Waals surface area (Å²) in [6, 6.07) is 8.64. The maximum Gasteiger partial charge on any atom is 0.319 e. The number of anilines is 1. The van der Waals surface area contributed by atoms with E-state index in [0.29, 0.717) is 11.0 Å². The van der Waals surface area contributed by atoms with Crippen LogP contribution in [0.2, 0.25) is 5.02 Å². The molecule has 0 saturated carbocycles. The molecule has 3 aliphatic rings. The molecule has 3 aliphatic heterocycles. The highest BCUT2D eigenvalue weighted by atomic mass is 35.5. The molecule has 3 fully saturated rings. The number of aromatic nitrogens is 4. The largest absolute Gasteiger partial charge is 0.460 e. The van der Waals surface area contributed by atoms with Crippen molar-refractivity contribution in [2.75, 3.05) is 51.2 Å². The van der Waals surface area contributed by atoms with Gasteiger partial charge >= 0.3 is 6.01 Å². The van der Waals surface area contributed by atoms with Gasteiger partial charge in [0.1, 0.15) is 11.9 Å². The fraction of sp³-hybridized carbons (Fsp3) is 0.438. The number of benzene rings is 2. The number of ether oxygens (including phenoxy) is 1. The summed E-state index contributed by atoms with van der Waals surface area (Å²) in [7, 11) is 2.15. The summed E-state index contributed by atoms with van der Waals surface area (Å²) in [5, 5.41) is 9.95. The summed E-state index contributed by atoms with van der Waals surface area (Å²) < 4.78 is 6.45. The maximum absolute atomic E-state index is 12.1. The molecule has 2 aromatic heterocycles. The Morgan fingerprint density at radius 1 is 1.12 bits per heavy atom. The lowest BCUT2D eigenvalue weighted by Gasteiger charge is -2.54. The average Bonchev–Trinajstić information content (AvgIpc) is 3.45. The third-order valence-corrected chi connectivity index (χ3v) is 9.76. The predicted molar refractivity (Wildman–Crippen MR) is 166 cm³/mol. The molecule has 4 aromatic rings. The van der Waals surface area contributed by atoms with Crippen molar-refractivity contribution in [2.45, 2.75) is 38.7 Å². The van der Waals surface area contributed by atoms with Crippen molar-refractivity contribution in [3.8, 4) is 17.1 Å². The van der Waals surface area contributed by atoms with Crippen LogP contribution < -0.4 is 9.64 Å². The third-order valence-electron chi connectivity index (χ3n) is 9.45. The molecule has 1 N–H and O–H groups in total. The van der Waals surface area contributed by atoms with Crippen LogP contribution in [0.25, 0.3) is 32.9 Å². The number of aryl methyl sites for hydroxylation is 1. The zero-order valence-electron chi connectivity index (χ0n) is 24.2. The summed E-state index contributed by atoms with van der Waals surface area (Å²) >= 11 is 7.05. The van der Waals surface area contributed by atoms with Crippen LogP contribution in [0.1, 0.15) is 31.2 Å². The number of rotatable bonds is 5. The Labute approximate surface area is 250 Å². The molecule has 5 heterocycles. The number of H-pyrrole nitrogens is 1. The van der Waals surface area contributed by atoms with Crippen LogP contribution in [0, 0.1) is 12.3 Å². The van der Waals surface area contributed by atoms with Gasteiger partial charge in [-0.25, -0.2) is 0 Å². The Kier molecular flexibility index (Phi) is 6.82. The van der Waals surface area contributed by atoms with Crippen molar-refractivity contribution < 1.29 is 9.53 Å². The highest BCUT2D eigenvalue weighted by molar-refractivity contribution is 6.35. The first-order chi connectivity index (χ1) is 20.3. The second kappa shape index (κ2) is 10.5. The molecule has 0 bridgehead atoms. The number of aromatic amines is 1. The van der Waals surface area contributed by atoms with Gasteiger partial charge in [-0.2, -0.15) is 15.1 Å². The summed E-state index contributed by atoms with van der Waals surface area (Å²) in [5.74, 6) is 0.884. The van der Waals surface area contributed by atoms with Crippen LogP contribution in [-0.4, -0.2) is 88.3 Å². The molecule has 9 nitrogen and oxygen atoms in total. The normalized spacial score (nSPS) is 19.4. The third kappa shape index (κ3) is 4.78. The average molecular weight is 586 g/mol. The number of carbonyl (C=O) groups is 1. The van der Waals surface area contributed by atoms with E-state index in [-0.39, 0.29) is 17.4 Å². The zero-order valence-corrected chi connectivity index (χ0v) is 25.0. The van der Waals surface area contributed by atoms with E-state index >= 15 is 0 Å². The van der Waals surface area contributed by atoms with E-state index in [0.717, 1.165) is 109 Å². The van der Waals surface area contributed by atoms with Crippen molar-refractivity contribution in [1.29, 1.82) is 0 Å². The van der Waals surface area contributed by atoms with E-state index in [4.69, 9.17) is 26.3 Å². The quantitative estimate of drug-likeness (QED) is 0.321. The number of nitrogens with one attached hydrogen (secondary N) is 1. The first kappa shape index (κ1) is 27.2. The van der Waals surface area contributed by atoms with Crippen LogP contribution in [0.4, 0.5) is 5.82 Å². The van der Waals surface area contributed by atoms with Gasteiger partial charge in [0.05, 0.1) is 17.2 Å². The second-order valence-corrected chi connectivity index (χ2v) is 12.7. The number of amides is 1. The van der Waals surface area contributed by atoms with Gasteiger partial charge in [0.25, 0.3) is 0 Å². The molecular formula is C32H36ClN7O2. The van der Waals surface area contributed by atoms with Gasteiger partial charge in [0, 0.05) is 66.0 Å². The molecule has 10 heteroatoms. The number of carbonyl (C=O) groups excluding carboxylic acids is 1. The zero-order chi connectivity index (χ0) is 29.0. The fourth-order valence-electron chi connectivity index (χ4n) is 6.89. The van der Waals surface area contributed by atoms with Crippen LogP contribution >= 0.6 is 11.6 Å². The number of hydrogen-bond donors (Lipinski definition) is 1. The van der Waals surface area contributed by atoms with E-state index in [1.54, 1.807) is 0 Å². The predicted octanol–water partition coefficient (Wildman–Crippen LogP) is 5.22. The number of hydrogen-bond acceptors (Lipinski definition) is 7. The molecule has 3 saturated heterocycles. The van der Waals surface area contributed by atoms with Crippen molar-refractivity contribution in [2.24, 2.45) is 5.41 Å². The maximum atomic E-state index is 12.1. The number of halogens is 1. The Balaban J connectivity index is 1.26. The lowest BCUT2D eigenvalue weighted by Crippen LogP contribution is -2.61. The van der Waals surface area contributed by atoms with Gasteiger partial charge in [0.2, 0.25) is 5.91 Å². The minimum Gasteiger partial charge on any atom is -0.460 e. The lowest BCUT2D eigenvalue weighted by molar-refractivity contribution is -0.139. The molecule has 7 rings (SSSR count). The van der Waals surface area contributed by atoms with Crippen molar-refractivity contribution in [3.05, 3.63) is 53.7 Å². The van der Waals surface area contributed by atoms with Gasteiger partial charge in [-0.05, 0) is 75.1 Å².